The molecule has 0 radical (unpaired) electrons. The third-order valence-corrected chi connectivity index (χ3v) is 4.44. The highest BCUT2D eigenvalue weighted by Crippen LogP contribution is 2.22. The van der Waals surface area contributed by atoms with Crippen molar-refractivity contribution in [1.29, 1.82) is 0 Å². The van der Waals surface area contributed by atoms with E-state index >= 15 is 0 Å². The fraction of sp³-hybridized carbons (Fsp3) is 0.111. The van der Waals surface area contributed by atoms with Gasteiger partial charge in [-0.05, 0) is 52.7 Å². The molecule has 0 aliphatic rings. The number of aromatic nitrogens is 5. The van der Waals surface area contributed by atoms with Crippen molar-refractivity contribution in [3.8, 4) is 5.69 Å². The summed E-state index contributed by atoms with van der Waals surface area (Å²) in [6.07, 6.45) is 3.83. The number of H-pyrrole nitrogens is 1. The Labute approximate surface area is 158 Å². The number of halogens is 2. The predicted octanol–water partition coefficient (Wildman–Crippen LogP) is 2.91. The molecule has 2 heterocycles. The summed E-state index contributed by atoms with van der Waals surface area (Å²) in [5.74, 6) is -0.814. The largest absolute Gasteiger partial charge is 0.361 e. The lowest BCUT2D eigenvalue weighted by atomic mass is 10.1. The molecule has 4 rings (SSSR count). The van der Waals surface area contributed by atoms with E-state index in [1.807, 2.05) is 24.4 Å². The molecule has 0 aliphatic carbocycles. The third-order valence-electron chi connectivity index (χ3n) is 4.21. The summed E-state index contributed by atoms with van der Waals surface area (Å²) >= 11 is 6.06. The molecule has 2 aromatic carbocycles. The van der Waals surface area contributed by atoms with E-state index in [9.17, 15) is 9.18 Å². The lowest BCUT2D eigenvalue weighted by Gasteiger charge is -2.09. The molecular weight excluding hydrogens is 371 g/mol. The Hall–Kier alpha value is -3.26. The lowest BCUT2D eigenvalue weighted by molar-refractivity contribution is 0.0954. The predicted molar refractivity (Wildman–Crippen MR) is 98.5 cm³/mol. The Kier molecular flexibility index (Phi) is 4.55. The number of hydrogen-bond donors (Lipinski definition) is 2. The molecule has 1 amide bonds. The molecule has 0 saturated heterocycles. The number of amides is 1. The fourth-order valence-corrected chi connectivity index (χ4v) is 3.09. The van der Waals surface area contributed by atoms with Crippen LogP contribution in [-0.4, -0.2) is 37.6 Å². The summed E-state index contributed by atoms with van der Waals surface area (Å²) in [6.45, 7) is 0.407. The molecule has 7 nitrogen and oxygen atoms in total. The van der Waals surface area contributed by atoms with Crippen LogP contribution < -0.4 is 5.32 Å². The molecule has 2 aromatic heterocycles. The van der Waals surface area contributed by atoms with Crippen LogP contribution in [0.1, 0.15) is 15.9 Å². The number of nitrogens with zero attached hydrogens (tertiary/aromatic N) is 4. The standard InChI is InChI=1S/C18H14ClFN6O/c19-12-1-4-16-15(7-12)11(9-22-16)5-6-21-18(27)14-3-2-13(20)8-17(14)26-10-23-24-25-26/h1-4,7-10,22H,5-6H2,(H,21,27). The molecular formula is C18H14ClFN6O. The number of fused-ring (bicyclic) bond motifs is 1. The van der Waals surface area contributed by atoms with Crippen LogP contribution in [0.15, 0.2) is 48.9 Å². The minimum absolute atomic E-state index is 0.274. The van der Waals surface area contributed by atoms with Crippen molar-refractivity contribution < 1.29 is 9.18 Å². The van der Waals surface area contributed by atoms with Crippen LogP contribution in [0.2, 0.25) is 5.02 Å². The molecule has 0 atom stereocenters. The van der Waals surface area contributed by atoms with Crippen molar-refractivity contribution in [2.24, 2.45) is 0 Å². The quantitative estimate of drug-likeness (QED) is 0.553. The van der Waals surface area contributed by atoms with Crippen molar-refractivity contribution in [3.05, 3.63) is 70.9 Å². The van der Waals surface area contributed by atoms with Gasteiger partial charge in [-0.15, -0.1) is 5.10 Å². The highest BCUT2D eigenvalue weighted by molar-refractivity contribution is 6.31. The van der Waals surface area contributed by atoms with Crippen molar-refractivity contribution in [2.75, 3.05) is 6.54 Å². The monoisotopic (exact) mass is 384 g/mol. The number of hydrogen-bond acceptors (Lipinski definition) is 4. The fourth-order valence-electron chi connectivity index (χ4n) is 2.92. The van der Waals surface area contributed by atoms with Gasteiger partial charge in [-0.1, -0.05) is 11.6 Å². The number of rotatable bonds is 5. The summed E-state index contributed by atoms with van der Waals surface area (Å²) in [7, 11) is 0. The summed E-state index contributed by atoms with van der Waals surface area (Å²) in [5, 5.41) is 15.3. The van der Waals surface area contributed by atoms with E-state index in [0.717, 1.165) is 16.5 Å². The average molecular weight is 385 g/mol. The zero-order chi connectivity index (χ0) is 18.8. The van der Waals surface area contributed by atoms with Gasteiger partial charge in [-0.25, -0.2) is 4.39 Å². The zero-order valence-corrected chi connectivity index (χ0v) is 14.7. The minimum Gasteiger partial charge on any atom is -0.361 e. The van der Waals surface area contributed by atoms with E-state index in [4.69, 9.17) is 11.6 Å². The minimum atomic E-state index is -0.479. The van der Waals surface area contributed by atoms with Gasteiger partial charge < -0.3 is 10.3 Å². The maximum Gasteiger partial charge on any atom is 0.253 e. The molecule has 2 N–H and O–H groups in total. The van der Waals surface area contributed by atoms with Gasteiger partial charge in [0, 0.05) is 34.7 Å². The highest BCUT2D eigenvalue weighted by atomic mass is 35.5. The Morgan fingerprint density at radius 1 is 1.26 bits per heavy atom. The van der Waals surface area contributed by atoms with E-state index in [-0.39, 0.29) is 17.2 Å². The summed E-state index contributed by atoms with van der Waals surface area (Å²) in [4.78, 5) is 15.8. The first kappa shape index (κ1) is 17.2. The van der Waals surface area contributed by atoms with Gasteiger partial charge in [0.1, 0.15) is 12.1 Å². The Morgan fingerprint density at radius 3 is 2.96 bits per heavy atom. The van der Waals surface area contributed by atoms with E-state index in [0.29, 0.717) is 18.0 Å². The Balaban J connectivity index is 1.49. The molecule has 136 valence electrons. The number of carbonyl (C=O) groups is 1. The van der Waals surface area contributed by atoms with Crippen molar-refractivity contribution in [1.82, 2.24) is 30.5 Å². The zero-order valence-electron chi connectivity index (χ0n) is 14.0. The Bertz CT molecular complexity index is 1110. The van der Waals surface area contributed by atoms with Crippen LogP contribution in [0.3, 0.4) is 0 Å². The van der Waals surface area contributed by atoms with Crippen LogP contribution in [0.5, 0.6) is 0 Å². The van der Waals surface area contributed by atoms with Gasteiger partial charge in [0.2, 0.25) is 0 Å². The van der Waals surface area contributed by atoms with Crippen LogP contribution in [0, 0.1) is 5.82 Å². The van der Waals surface area contributed by atoms with Gasteiger partial charge in [0.25, 0.3) is 5.91 Å². The third kappa shape index (κ3) is 3.52. The van der Waals surface area contributed by atoms with Crippen molar-refractivity contribution in [3.63, 3.8) is 0 Å². The van der Waals surface area contributed by atoms with Gasteiger partial charge in [-0.2, -0.15) is 4.68 Å². The molecule has 0 unspecified atom stereocenters. The molecule has 0 bridgehead atoms. The lowest BCUT2D eigenvalue weighted by Crippen LogP contribution is -2.27. The second-order valence-electron chi connectivity index (χ2n) is 5.93. The average Bonchev–Trinajstić information content (AvgIpc) is 3.32. The first-order valence-corrected chi connectivity index (χ1v) is 8.56. The van der Waals surface area contributed by atoms with Crippen LogP contribution in [0.4, 0.5) is 4.39 Å². The van der Waals surface area contributed by atoms with Gasteiger partial charge in [0.15, 0.2) is 0 Å². The molecule has 9 heteroatoms. The maximum atomic E-state index is 13.6. The molecule has 0 aliphatic heterocycles. The number of benzene rings is 2. The van der Waals surface area contributed by atoms with E-state index in [2.05, 4.69) is 25.8 Å². The highest BCUT2D eigenvalue weighted by Gasteiger charge is 2.15. The van der Waals surface area contributed by atoms with Crippen molar-refractivity contribution in [2.45, 2.75) is 6.42 Å². The van der Waals surface area contributed by atoms with Crippen LogP contribution >= 0.6 is 11.6 Å². The summed E-state index contributed by atoms with van der Waals surface area (Å²) < 4.78 is 14.8. The number of carbonyl (C=O) groups excluding carboxylic acids is 1. The normalized spacial score (nSPS) is 11.0. The van der Waals surface area contributed by atoms with E-state index < -0.39 is 5.82 Å². The van der Waals surface area contributed by atoms with Crippen LogP contribution in [0.25, 0.3) is 16.6 Å². The first-order valence-electron chi connectivity index (χ1n) is 8.18. The van der Waals surface area contributed by atoms with Gasteiger partial charge in [0.05, 0.1) is 11.3 Å². The molecule has 27 heavy (non-hydrogen) atoms. The van der Waals surface area contributed by atoms with Crippen molar-refractivity contribution >= 4 is 28.4 Å². The summed E-state index contributed by atoms with van der Waals surface area (Å²) in [6, 6.07) is 9.47. The smallest absolute Gasteiger partial charge is 0.253 e. The summed E-state index contributed by atoms with van der Waals surface area (Å²) in [5.41, 5.74) is 2.59. The van der Waals surface area contributed by atoms with Gasteiger partial charge >= 0.3 is 0 Å². The molecule has 0 spiro atoms. The first-order chi connectivity index (χ1) is 13.1. The maximum absolute atomic E-state index is 13.6. The molecule has 4 aromatic rings. The topological polar surface area (TPSA) is 88.5 Å². The molecule has 0 fully saturated rings. The number of aromatic amines is 1. The molecule has 0 saturated carbocycles. The second kappa shape index (κ2) is 7.16. The van der Waals surface area contributed by atoms with E-state index in [1.54, 1.807) is 0 Å². The second-order valence-corrected chi connectivity index (χ2v) is 6.36. The SMILES string of the molecule is O=C(NCCc1c[nH]c2ccc(Cl)cc12)c1ccc(F)cc1-n1cnnn1. The van der Waals surface area contributed by atoms with Crippen LogP contribution in [-0.2, 0) is 6.42 Å². The van der Waals surface area contributed by atoms with E-state index in [1.165, 1.54) is 29.2 Å². The van der Waals surface area contributed by atoms with Gasteiger partial charge in [-0.3, -0.25) is 4.79 Å². The number of nitrogens with one attached hydrogen (secondary N) is 2. The number of tetrazole rings is 1. The Morgan fingerprint density at radius 2 is 2.15 bits per heavy atom.